The largest absolute Gasteiger partial charge is 0.379 e. The summed E-state index contributed by atoms with van der Waals surface area (Å²) in [5.74, 6) is -0.614. The summed E-state index contributed by atoms with van der Waals surface area (Å²) in [6.07, 6.45) is 0. The van der Waals surface area contributed by atoms with Crippen LogP contribution in [-0.4, -0.2) is 65.6 Å². The Labute approximate surface area is 188 Å². The lowest BCUT2D eigenvalue weighted by atomic mass is 10.2. The Bertz CT molecular complexity index is 1170. The van der Waals surface area contributed by atoms with E-state index in [4.69, 9.17) is 8.92 Å². The zero-order valence-electron chi connectivity index (χ0n) is 17.9. The van der Waals surface area contributed by atoms with Gasteiger partial charge in [-0.1, -0.05) is 12.1 Å². The summed E-state index contributed by atoms with van der Waals surface area (Å²) in [5, 5.41) is 2.57. The predicted molar refractivity (Wildman–Crippen MR) is 119 cm³/mol. The van der Waals surface area contributed by atoms with Gasteiger partial charge in [0, 0.05) is 25.2 Å². The van der Waals surface area contributed by atoms with Crippen LogP contribution in [0.4, 0.5) is 0 Å². The first kappa shape index (κ1) is 24.2. The summed E-state index contributed by atoms with van der Waals surface area (Å²) in [4.78, 5) is 12.4. The van der Waals surface area contributed by atoms with E-state index in [0.29, 0.717) is 31.9 Å². The molecule has 0 atom stereocenters. The Kier molecular flexibility index (Phi) is 7.55. The number of hydrogen-bond donors (Lipinski definition) is 1. The molecule has 1 N–H and O–H groups in total. The Hall–Kier alpha value is -2.47. The molecule has 3 rings (SSSR count). The second-order valence-corrected chi connectivity index (χ2v) is 11.0. The van der Waals surface area contributed by atoms with Gasteiger partial charge >= 0.3 is 10.1 Å². The van der Waals surface area contributed by atoms with E-state index in [-0.39, 0.29) is 28.5 Å². The first-order valence-electron chi connectivity index (χ1n) is 10.0. The molecule has 0 unspecified atom stereocenters. The van der Waals surface area contributed by atoms with Crippen molar-refractivity contribution in [2.24, 2.45) is 0 Å². The molecule has 32 heavy (non-hydrogen) atoms. The normalized spacial score (nSPS) is 15.3. The van der Waals surface area contributed by atoms with Gasteiger partial charge in [-0.05, 0) is 55.3 Å². The number of nitrogens with zero attached hydrogens (tertiary/aromatic N) is 1. The first-order chi connectivity index (χ1) is 15.1. The van der Waals surface area contributed by atoms with Crippen LogP contribution in [0.15, 0.2) is 47.4 Å². The van der Waals surface area contributed by atoms with E-state index in [1.807, 2.05) is 6.07 Å². The molecular weight excluding hydrogens is 456 g/mol. The van der Waals surface area contributed by atoms with Crippen LogP contribution >= 0.6 is 0 Å². The summed E-state index contributed by atoms with van der Waals surface area (Å²) >= 11 is 0. The van der Waals surface area contributed by atoms with Crippen molar-refractivity contribution in [1.29, 1.82) is 0 Å². The van der Waals surface area contributed by atoms with Crippen LogP contribution in [0.2, 0.25) is 0 Å². The molecule has 2 aromatic carbocycles. The number of ether oxygens (including phenoxy) is 1. The van der Waals surface area contributed by atoms with E-state index >= 15 is 0 Å². The highest BCUT2D eigenvalue weighted by Crippen LogP contribution is 2.22. The van der Waals surface area contributed by atoms with Gasteiger partial charge in [0.2, 0.25) is 10.0 Å². The minimum Gasteiger partial charge on any atom is -0.379 e. The maximum atomic E-state index is 12.6. The number of rotatable bonds is 8. The van der Waals surface area contributed by atoms with Gasteiger partial charge in [-0.2, -0.15) is 12.7 Å². The Morgan fingerprint density at radius 3 is 2.34 bits per heavy atom. The molecule has 0 radical (unpaired) electrons. The summed E-state index contributed by atoms with van der Waals surface area (Å²) < 4.78 is 61.5. The molecule has 1 heterocycles. The standard InChI is InChI=1S/C21H26N2O7S2/c1-16-3-4-17(2)20(15-16)32(27,28)30-19-7-5-18(6-8-19)21(24)22-9-14-31(25,26)23-10-12-29-13-11-23/h3-8,15H,9-14H2,1-2H3,(H,22,24). The van der Waals surface area contributed by atoms with E-state index in [1.54, 1.807) is 19.9 Å². The molecule has 9 nitrogen and oxygen atoms in total. The second-order valence-electron chi connectivity index (χ2n) is 7.41. The van der Waals surface area contributed by atoms with Crippen molar-refractivity contribution in [2.75, 3.05) is 38.6 Å². The van der Waals surface area contributed by atoms with E-state index in [9.17, 15) is 21.6 Å². The van der Waals surface area contributed by atoms with Crippen LogP contribution < -0.4 is 9.50 Å². The van der Waals surface area contributed by atoms with Crippen LogP contribution in [0, 0.1) is 13.8 Å². The molecule has 11 heteroatoms. The Morgan fingerprint density at radius 2 is 1.69 bits per heavy atom. The first-order valence-corrected chi connectivity index (χ1v) is 13.1. The van der Waals surface area contributed by atoms with Gasteiger partial charge in [-0.25, -0.2) is 8.42 Å². The van der Waals surface area contributed by atoms with E-state index in [2.05, 4.69) is 5.32 Å². The summed E-state index contributed by atoms with van der Waals surface area (Å²) in [6.45, 7) is 4.77. The molecule has 174 valence electrons. The number of benzene rings is 2. The van der Waals surface area contributed by atoms with Gasteiger partial charge < -0.3 is 14.2 Å². The van der Waals surface area contributed by atoms with Crippen molar-refractivity contribution < 1.29 is 30.6 Å². The summed E-state index contributed by atoms with van der Waals surface area (Å²) in [6, 6.07) is 10.6. The van der Waals surface area contributed by atoms with Crippen LogP contribution in [0.25, 0.3) is 0 Å². The Balaban J connectivity index is 1.58. The van der Waals surface area contributed by atoms with Gasteiger partial charge in [0.25, 0.3) is 5.91 Å². The summed E-state index contributed by atoms with van der Waals surface area (Å²) in [5.41, 5.74) is 1.62. The van der Waals surface area contributed by atoms with Gasteiger partial charge in [-0.15, -0.1) is 0 Å². The maximum Gasteiger partial charge on any atom is 0.339 e. The lowest BCUT2D eigenvalue weighted by Gasteiger charge is -2.26. The van der Waals surface area contributed by atoms with Crippen molar-refractivity contribution in [1.82, 2.24) is 9.62 Å². The highest BCUT2D eigenvalue weighted by atomic mass is 32.2. The minimum atomic E-state index is -4.02. The lowest BCUT2D eigenvalue weighted by Crippen LogP contribution is -2.43. The molecule has 0 bridgehead atoms. The molecule has 0 aromatic heterocycles. The van der Waals surface area contributed by atoms with Gasteiger partial charge in [0.1, 0.15) is 10.6 Å². The van der Waals surface area contributed by atoms with Crippen molar-refractivity contribution >= 4 is 26.0 Å². The fourth-order valence-electron chi connectivity index (χ4n) is 3.16. The van der Waals surface area contributed by atoms with Crippen LogP contribution in [0.3, 0.4) is 0 Å². The van der Waals surface area contributed by atoms with Crippen molar-refractivity contribution in [3.63, 3.8) is 0 Å². The monoisotopic (exact) mass is 482 g/mol. The summed E-state index contributed by atoms with van der Waals surface area (Å²) in [7, 11) is -7.49. The molecule has 1 amide bonds. The molecule has 0 aliphatic carbocycles. The zero-order valence-corrected chi connectivity index (χ0v) is 19.5. The fourth-order valence-corrected chi connectivity index (χ4v) is 5.73. The second kappa shape index (κ2) is 9.99. The maximum absolute atomic E-state index is 12.6. The molecule has 0 spiro atoms. The number of aryl methyl sites for hydroxylation is 2. The van der Waals surface area contributed by atoms with Gasteiger partial charge in [0.05, 0.1) is 19.0 Å². The third-order valence-corrected chi connectivity index (χ3v) is 8.21. The van der Waals surface area contributed by atoms with Gasteiger partial charge in [-0.3, -0.25) is 4.79 Å². The molecule has 1 aliphatic heterocycles. The smallest absolute Gasteiger partial charge is 0.339 e. The number of hydrogen-bond acceptors (Lipinski definition) is 7. The number of sulfonamides is 1. The number of morpholine rings is 1. The minimum absolute atomic E-state index is 0.0439. The average Bonchev–Trinajstić information content (AvgIpc) is 2.76. The molecular formula is C21H26N2O7S2. The average molecular weight is 483 g/mol. The molecule has 2 aromatic rings. The number of carbonyl (C=O) groups excluding carboxylic acids is 1. The third-order valence-electron chi connectivity index (χ3n) is 4.94. The molecule has 1 saturated heterocycles. The predicted octanol–water partition coefficient (Wildman–Crippen LogP) is 1.46. The number of nitrogens with one attached hydrogen (secondary N) is 1. The van der Waals surface area contributed by atoms with Crippen molar-refractivity contribution in [2.45, 2.75) is 18.7 Å². The molecule has 1 fully saturated rings. The fraction of sp³-hybridized carbons (Fsp3) is 0.381. The van der Waals surface area contributed by atoms with E-state index in [1.165, 1.54) is 34.6 Å². The molecule has 1 aliphatic rings. The van der Waals surface area contributed by atoms with Crippen molar-refractivity contribution in [3.8, 4) is 5.75 Å². The molecule has 0 saturated carbocycles. The van der Waals surface area contributed by atoms with E-state index in [0.717, 1.165) is 5.56 Å². The quantitative estimate of drug-likeness (QED) is 0.566. The van der Waals surface area contributed by atoms with Crippen molar-refractivity contribution in [3.05, 3.63) is 59.2 Å². The topological polar surface area (TPSA) is 119 Å². The highest BCUT2D eigenvalue weighted by molar-refractivity contribution is 7.89. The number of amides is 1. The van der Waals surface area contributed by atoms with E-state index < -0.39 is 26.0 Å². The van der Waals surface area contributed by atoms with Gasteiger partial charge in [0.15, 0.2) is 0 Å². The van der Waals surface area contributed by atoms with Crippen LogP contribution in [0.1, 0.15) is 21.5 Å². The SMILES string of the molecule is Cc1ccc(C)c(S(=O)(=O)Oc2ccc(C(=O)NCCS(=O)(=O)N3CCOCC3)cc2)c1. The van der Waals surface area contributed by atoms with Crippen LogP contribution in [-0.2, 0) is 24.9 Å². The zero-order chi connectivity index (χ0) is 23.4. The third kappa shape index (κ3) is 6.06. The lowest BCUT2D eigenvalue weighted by molar-refractivity contribution is 0.0730. The highest BCUT2D eigenvalue weighted by Gasteiger charge is 2.24. The Morgan fingerprint density at radius 1 is 1.03 bits per heavy atom. The van der Waals surface area contributed by atoms with Crippen LogP contribution in [0.5, 0.6) is 5.75 Å². The number of carbonyl (C=O) groups is 1.